The van der Waals surface area contributed by atoms with Gasteiger partial charge in [-0.1, -0.05) is 42.5 Å². The molecule has 2 aromatic carbocycles. The van der Waals surface area contributed by atoms with Crippen LogP contribution in [0.4, 0.5) is 10.6 Å². The molecule has 0 bridgehead atoms. The van der Waals surface area contributed by atoms with Gasteiger partial charge < -0.3 is 21.1 Å². The molecular weight excluding hydrogens is 398 g/mol. The van der Waals surface area contributed by atoms with Crippen LogP contribution < -0.4 is 25.7 Å². The minimum absolute atomic E-state index is 0.168. The van der Waals surface area contributed by atoms with Crippen LogP contribution in [0.1, 0.15) is 5.56 Å². The van der Waals surface area contributed by atoms with Gasteiger partial charge in [0.2, 0.25) is 5.82 Å². The van der Waals surface area contributed by atoms with Gasteiger partial charge in [-0.05, 0) is 17.7 Å². The smallest absolute Gasteiger partial charge is 0.315 e. The molecule has 1 aliphatic rings. The number of benzene rings is 2. The molecule has 2 heterocycles. The van der Waals surface area contributed by atoms with E-state index in [1.54, 1.807) is 12.1 Å². The van der Waals surface area contributed by atoms with Gasteiger partial charge in [0, 0.05) is 13.1 Å². The Morgan fingerprint density at radius 2 is 1.80 bits per heavy atom. The van der Waals surface area contributed by atoms with Crippen LogP contribution in [0, 0.1) is 6.21 Å². The summed E-state index contributed by atoms with van der Waals surface area (Å²) in [6, 6.07) is 18.5. The van der Waals surface area contributed by atoms with Crippen molar-refractivity contribution in [2.24, 2.45) is 0 Å². The fourth-order valence-corrected chi connectivity index (χ4v) is 3.38. The van der Waals surface area contributed by atoms with Crippen LogP contribution in [0.15, 0.2) is 60.7 Å². The van der Waals surface area contributed by atoms with E-state index in [1.807, 2.05) is 59.0 Å². The zero-order valence-corrected chi connectivity index (χ0v) is 17.1. The lowest BCUT2D eigenvalue weighted by atomic mass is 10.1. The molecule has 152 valence electrons. The highest BCUT2D eigenvalue weighted by Gasteiger charge is 2.20. The molecule has 4 N–H and O–H groups in total. The summed E-state index contributed by atoms with van der Waals surface area (Å²) in [5.41, 5.74) is 3.06. The number of rotatable bonds is 7. The summed E-state index contributed by atoms with van der Waals surface area (Å²) in [7, 11) is 0. The lowest BCUT2D eigenvalue weighted by Gasteiger charge is -2.10. The van der Waals surface area contributed by atoms with E-state index in [0.29, 0.717) is 30.9 Å². The van der Waals surface area contributed by atoms with Gasteiger partial charge in [-0.3, -0.25) is 0 Å². The topological polar surface area (TPSA) is 92.2 Å². The molecule has 2 amide bonds. The van der Waals surface area contributed by atoms with Gasteiger partial charge in [0.1, 0.15) is 10.7 Å². The van der Waals surface area contributed by atoms with E-state index in [1.165, 1.54) is 0 Å². The van der Waals surface area contributed by atoms with Crippen molar-refractivity contribution >= 4 is 29.4 Å². The summed E-state index contributed by atoms with van der Waals surface area (Å²) in [6.07, 6.45) is 1.86. The molecular formula is C22H22N5O2S+. The number of nitrogens with one attached hydrogen (secondary N) is 3. The SMILES string of the molecule is O=C(NCCNc1cc(-c2ccccc2O)nc2[n+]1=CC=2S)NCc1ccccc1. The number of phenolic OH excluding ortho intramolecular Hbond substituents is 1. The van der Waals surface area contributed by atoms with E-state index < -0.39 is 0 Å². The Morgan fingerprint density at radius 3 is 2.57 bits per heavy atom. The summed E-state index contributed by atoms with van der Waals surface area (Å²) in [4.78, 5) is 17.3. The Kier molecular flexibility index (Phi) is 5.85. The highest BCUT2D eigenvalue weighted by Crippen LogP contribution is 2.27. The number of phenols is 1. The van der Waals surface area contributed by atoms with Crippen LogP contribution in [0.3, 0.4) is 0 Å². The molecule has 0 unspecified atom stereocenters. The summed E-state index contributed by atoms with van der Waals surface area (Å²) in [5, 5.41) is 19.1. The van der Waals surface area contributed by atoms with Gasteiger partial charge in [-0.2, -0.15) is 0 Å². The number of thiol groups is 1. The minimum atomic E-state index is -0.219. The third-order valence-corrected chi connectivity index (χ3v) is 4.98. The molecule has 3 aromatic rings. The van der Waals surface area contributed by atoms with Crippen molar-refractivity contribution in [1.29, 1.82) is 0 Å². The largest absolute Gasteiger partial charge is 0.507 e. The Balaban J connectivity index is 1.36. The number of aromatic hydroxyl groups is 1. The number of carbonyl (C=O) groups excluding carboxylic acids is 1. The lowest BCUT2D eigenvalue weighted by Crippen LogP contribution is -2.50. The second kappa shape index (κ2) is 8.87. The fraction of sp³-hybridized carbons (Fsp3) is 0.136. The number of carbonyl (C=O) groups is 1. The van der Waals surface area contributed by atoms with Crippen molar-refractivity contribution in [1.82, 2.24) is 15.6 Å². The van der Waals surface area contributed by atoms with Crippen LogP contribution >= 0.6 is 12.6 Å². The second-order valence-corrected chi connectivity index (χ2v) is 7.26. The number of nitrogens with zero attached hydrogens (tertiary/aromatic N) is 2. The van der Waals surface area contributed by atoms with E-state index in [2.05, 4.69) is 33.6 Å². The average molecular weight is 421 g/mol. The van der Waals surface area contributed by atoms with Gasteiger partial charge in [-0.25, -0.2) is 9.04 Å². The molecule has 0 saturated heterocycles. The van der Waals surface area contributed by atoms with Gasteiger partial charge >= 0.3 is 6.03 Å². The van der Waals surface area contributed by atoms with Gasteiger partial charge in [0.25, 0.3) is 5.48 Å². The van der Waals surface area contributed by atoms with Crippen LogP contribution in [0.2, 0.25) is 0 Å². The predicted octanol–water partition coefficient (Wildman–Crippen LogP) is 1.71. The number of hydrogen-bond acceptors (Lipinski definition) is 5. The first-order valence-electron chi connectivity index (χ1n) is 9.57. The molecule has 8 heteroatoms. The molecule has 0 atom stereocenters. The molecule has 0 fully saturated rings. The van der Waals surface area contributed by atoms with Crippen molar-refractivity contribution in [2.45, 2.75) is 6.54 Å². The van der Waals surface area contributed by atoms with E-state index >= 15 is 0 Å². The predicted molar refractivity (Wildman–Crippen MR) is 118 cm³/mol. The van der Waals surface area contributed by atoms with Crippen LogP contribution in [0.25, 0.3) is 16.2 Å². The minimum Gasteiger partial charge on any atom is -0.507 e. The summed E-state index contributed by atoms with van der Waals surface area (Å²) >= 11 is 4.41. The number of urea groups is 1. The van der Waals surface area contributed by atoms with E-state index in [9.17, 15) is 9.90 Å². The Labute approximate surface area is 179 Å². The number of amides is 2. The van der Waals surface area contributed by atoms with Crippen molar-refractivity contribution in [3.8, 4) is 17.0 Å². The third-order valence-electron chi connectivity index (χ3n) is 4.66. The molecule has 30 heavy (non-hydrogen) atoms. The second-order valence-electron chi connectivity index (χ2n) is 6.77. The van der Waals surface area contributed by atoms with Crippen molar-refractivity contribution < 1.29 is 14.1 Å². The Hall–Kier alpha value is -3.52. The zero-order valence-electron chi connectivity index (χ0n) is 16.2. The quantitative estimate of drug-likeness (QED) is 0.229. The van der Waals surface area contributed by atoms with E-state index in [0.717, 1.165) is 21.8 Å². The van der Waals surface area contributed by atoms with Crippen molar-refractivity contribution in [2.75, 3.05) is 18.4 Å². The maximum Gasteiger partial charge on any atom is 0.315 e. The standard InChI is InChI=1S/C22H21N5O2S/c28-18-9-5-4-8-16(18)17-12-20(27-14-19(30)21(27)26-17)23-10-11-24-22(29)25-13-15-6-2-1-3-7-15/h1-9,12,14H,10-11,13H2,(H4,23,24,25,28,29,30)/p+1. The average Bonchev–Trinajstić information content (AvgIpc) is 2.76. The number of aromatic nitrogens is 2. The first kappa shape index (κ1) is 19.8. The first-order chi connectivity index (χ1) is 14.6. The number of fused-ring (bicyclic) bond motifs is 1. The van der Waals surface area contributed by atoms with Crippen LogP contribution in [-0.2, 0) is 6.54 Å². The number of para-hydroxylation sites is 1. The van der Waals surface area contributed by atoms with Gasteiger partial charge in [0.15, 0.2) is 5.69 Å². The van der Waals surface area contributed by atoms with Crippen molar-refractivity contribution in [3.63, 3.8) is 0 Å². The Bertz CT molecular complexity index is 1200. The lowest BCUT2D eigenvalue weighted by molar-refractivity contribution is -0.522. The fourth-order valence-electron chi connectivity index (χ4n) is 3.11. The summed E-state index contributed by atoms with van der Waals surface area (Å²) in [5.74, 6) is 0.976. The molecule has 1 aliphatic heterocycles. The maximum atomic E-state index is 12.0. The normalized spacial score (nSPS) is 11.7. The monoisotopic (exact) mass is 420 g/mol. The molecule has 4 rings (SSSR count). The van der Waals surface area contributed by atoms with Gasteiger partial charge in [-0.15, -0.1) is 17.6 Å². The molecule has 0 radical (unpaired) electrons. The maximum absolute atomic E-state index is 12.0. The van der Waals surface area contributed by atoms with E-state index in [-0.39, 0.29) is 11.8 Å². The Morgan fingerprint density at radius 1 is 1.03 bits per heavy atom. The molecule has 1 aromatic heterocycles. The number of hydrogen-bond donors (Lipinski definition) is 5. The summed E-state index contributed by atoms with van der Waals surface area (Å²) in [6.45, 7) is 1.45. The zero-order chi connectivity index (χ0) is 20.9. The van der Waals surface area contributed by atoms with Crippen LogP contribution in [0.5, 0.6) is 5.75 Å². The van der Waals surface area contributed by atoms with E-state index in [4.69, 9.17) is 0 Å². The third kappa shape index (κ3) is 4.38. The highest BCUT2D eigenvalue weighted by atomic mass is 32.1. The molecule has 0 spiro atoms. The molecule has 0 saturated carbocycles. The highest BCUT2D eigenvalue weighted by molar-refractivity contribution is 7.90. The van der Waals surface area contributed by atoms with Crippen LogP contribution in [-0.4, -0.2) is 29.2 Å². The molecule has 0 aliphatic carbocycles. The summed E-state index contributed by atoms with van der Waals surface area (Å²) < 4.78 is 1.89. The molecule has 7 nitrogen and oxygen atoms in total. The first-order valence-corrected chi connectivity index (χ1v) is 10.0. The van der Waals surface area contributed by atoms with Crippen molar-refractivity contribution in [3.05, 3.63) is 77.9 Å². The van der Waals surface area contributed by atoms with Gasteiger partial charge in [0.05, 0.1) is 24.4 Å². The number of anilines is 1.